The number of fused-ring (bicyclic) bond motifs is 1. The molecule has 2 N–H and O–H groups in total. The van der Waals surface area contributed by atoms with Crippen LogP contribution < -0.4 is 5.73 Å². The number of benzene rings is 1. The topological polar surface area (TPSA) is 65.5 Å². The van der Waals surface area contributed by atoms with Crippen LogP contribution in [0.1, 0.15) is 23.4 Å². The summed E-state index contributed by atoms with van der Waals surface area (Å²) in [6.45, 7) is 0.612. The van der Waals surface area contributed by atoms with Gasteiger partial charge in [0, 0.05) is 19.1 Å². The molecule has 0 aliphatic rings. The molecule has 1 atom stereocenters. The van der Waals surface area contributed by atoms with Crippen molar-refractivity contribution in [3.63, 3.8) is 0 Å². The zero-order valence-corrected chi connectivity index (χ0v) is 10.4. The summed E-state index contributed by atoms with van der Waals surface area (Å²) in [5.41, 5.74) is 6.56. The van der Waals surface area contributed by atoms with Crippen molar-refractivity contribution in [1.82, 2.24) is 0 Å². The van der Waals surface area contributed by atoms with Gasteiger partial charge in [0.25, 0.3) is 0 Å². The van der Waals surface area contributed by atoms with Crippen molar-refractivity contribution in [3.8, 4) is 0 Å². The number of furan rings is 1. The second kappa shape index (κ2) is 5.80. The van der Waals surface area contributed by atoms with Gasteiger partial charge in [0.1, 0.15) is 5.58 Å². The van der Waals surface area contributed by atoms with Crippen LogP contribution in [0.2, 0.25) is 0 Å². The molecule has 0 fully saturated rings. The molecule has 0 radical (unpaired) electrons. The summed E-state index contributed by atoms with van der Waals surface area (Å²) in [5.74, 6) is 0.184. The molecule has 0 aliphatic heterocycles. The van der Waals surface area contributed by atoms with Crippen molar-refractivity contribution in [2.75, 3.05) is 13.7 Å². The molecule has 1 unspecified atom stereocenters. The van der Waals surface area contributed by atoms with Crippen LogP contribution in [0.15, 0.2) is 34.7 Å². The Bertz CT molecular complexity index is 500. The van der Waals surface area contributed by atoms with E-state index in [9.17, 15) is 4.79 Å². The predicted octanol–water partition coefficient (Wildman–Crippen LogP) is 2.37. The van der Waals surface area contributed by atoms with Crippen LogP contribution in [0.5, 0.6) is 0 Å². The second-order valence-electron chi connectivity index (χ2n) is 4.25. The molecular formula is C14H17NO3. The van der Waals surface area contributed by atoms with E-state index in [0.29, 0.717) is 24.4 Å². The van der Waals surface area contributed by atoms with Crippen molar-refractivity contribution in [2.24, 2.45) is 5.73 Å². The van der Waals surface area contributed by atoms with Gasteiger partial charge in [-0.25, -0.2) is 0 Å². The molecule has 0 saturated carbocycles. The van der Waals surface area contributed by atoms with E-state index < -0.39 is 6.04 Å². The second-order valence-corrected chi connectivity index (χ2v) is 4.25. The Morgan fingerprint density at radius 1 is 1.44 bits per heavy atom. The molecule has 0 bridgehead atoms. The van der Waals surface area contributed by atoms with Gasteiger partial charge in [-0.05, 0) is 25.0 Å². The Labute approximate surface area is 106 Å². The number of nitrogens with two attached hydrogens (primary N) is 1. The summed E-state index contributed by atoms with van der Waals surface area (Å²) in [5, 5.41) is 0.921. The van der Waals surface area contributed by atoms with E-state index in [-0.39, 0.29) is 5.78 Å². The van der Waals surface area contributed by atoms with Gasteiger partial charge >= 0.3 is 0 Å². The maximum Gasteiger partial charge on any atom is 0.214 e. The van der Waals surface area contributed by atoms with Gasteiger partial charge in [-0.2, -0.15) is 0 Å². The molecule has 1 aromatic heterocycles. The number of hydrogen-bond acceptors (Lipinski definition) is 4. The van der Waals surface area contributed by atoms with Crippen LogP contribution in [0.4, 0.5) is 0 Å². The SMILES string of the molecule is COCCCC(N)C(=O)c1cc2ccccc2o1. The summed E-state index contributed by atoms with van der Waals surface area (Å²) in [4.78, 5) is 12.0. The van der Waals surface area contributed by atoms with Gasteiger partial charge in [-0.3, -0.25) is 4.79 Å². The van der Waals surface area contributed by atoms with Crippen molar-refractivity contribution < 1.29 is 13.9 Å². The molecule has 4 heteroatoms. The highest BCUT2D eigenvalue weighted by Gasteiger charge is 2.19. The minimum Gasteiger partial charge on any atom is -0.453 e. The Kier molecular flexibility index (Phi) is 4.12. The largest absolute Gasteiger partial charge is 0.453 e. The minimum atomic E-state index is -0.527. The molecule has 1 aromatic carbocycles. The minimum absolute atomic E-state index is 0.151. The molecular weight excluding hydrogens is 230 g/mol. The average molecular weight is 247 g/mol. The fourth-order valence-corrected chi connectivity index (χ4v) is 1.86. The van der Waals surface area contributed by atoms with Crippen LogP contribution in [-0.4, -0.2) is 25.5 Å². The van der Waals surface area contributed by atoms with Crippen molar-refractivity contribution >= 4 is 16.8 Å². The first kappa shape index (κ1) is 12.8. The van der Waals surface area contributed by atoms with Crippen molar-refractivity contribution in [3.05, 3.63) is 36.1 Å². The number of rotatable bonds is 6. The van der Waals surface area contributed by atoms with E-state index >= 15 is 0 Å². The van der Waals surface area contributed by atoms with Gasteiger partial charge in [0.15, 0.2) is 5.76 Å². The van der Waals surface area contributed by atoms with E-state index in [0.717, 1.165) is 11.8 Å². The fourth-order valence-electron chi connectivity index (χ4n) is 1.86. The molecule has 0 amide bonds. The highest BCUT2D eigenvalue weighted by molar-refractivity contribution is 6.00. The highest BCUT2D eigenvalue weighted by Crippen LogP contribution is 2.20. The molecule has 2 aromatic rings. The fraction of sp³-hybridized carbons (Fsp3) is 0.357. The number of carbonyl (C=O) groups is 1. The normalized spacial score (nSPS) is 12.8. The molecule has 0 saturated heterocycles. The first-order valence-corrected chi connectivity index (χ1v) is 5.99. The zero-order chi connectivity index (χ0) is 13.0. The number of ether oxygens (including phenoxy) is 1. The number of Topliss-reactive ketones (excluding diaryl/α,β-unsaturated/α-hetero) is 1. The van der Waals surface area contributed by atoms with E-state index in [1.54, 1.807) is 13.2 Å². The molecule has 0 spiro atoms. The van der Waals surface area contributed by atoms with Gasteiger partial charge in [0.2, 0.25) is 5.78 Å². The first-order valence-electron chi connectivity index (χ1n) is 5.99. The molecule has 0 aliphatic carbocycles. The van der Waals surface area contributed by atoms with E-state index in [1.165, 1.54) is 0 Å². The lowest BCUT2D eigenvalue weighted by atomic mass is 10.1. The smallest absolute Gasteiger partial charge is 0.214 e. The van der Waals surface area contributed by atoms with Crippen LogP contribution in [0.3, 0.4) is 0 Å². The molecule has 4 nitrogen and oxygen atoms in total. The van der Waals surface area contributed by atoms with Crippen LogP contribution in [-0.2, 0) is 4.74 Å². The first-order chi connectivity index (χ1) is 8.72. The summed E-state index contributed by atoms with van der Waals surface area (Å²) < 4.78 is 10.4. The van der Waals surface area contributed by atoms with Crippen LogP contribution >= 0.6 is 0 Å². The summed E-state index contributed by atoms with van der Waals surface area (Å²) >= 11 is 0. The number of methoxy groups -OCH3 is 1. The lowest BCUT2D eigenvalue weighted by Crippen LogP contribution is -2.30. The Balaban J connectivity index is 2.08. The van der Waals surface area contributed by atoms with Gasteiger partial charge < -0.3 is 14.9 Å². The summed E-state index contributed by atoms with van der Waals surface area (Å²) in [6.07, 6.45) is 1.37. The molecule has 2 rings (SSSR count). The third-order valence-corrected chi connectivity index (χ3v) is 2.87. The number of hydrogen-bond donors (Lipinski definition) is 1. The predicted molar refractivity (Wildman–Crippen MR) is 69.6 cm³/mol. The number of carbonyl (C=O) groups excluding carboxylic acids is 1. The van der Waals surface area contributed by atoms with E-state index in [1.807, 2.05) is 24.3 Å². The maximum atomic E-state index is 12.0. The molecule has 18 heavy (non-hydrogen) atoms. The number of para-hydroxylation sites is 1. The van der Waals surface area contributed by atoms with Crippen LogP contribution in [0, 0.1) is 0 Å². The third kappa shape index (κ3) is 2.78. The quantitative estimate of drug-likeness (QED) is 0.628. The monoisotopic (exact) mass is 247 g/mol. The van der Waals surface area contributed by atoms with E-state index in [4.69, 9.17) is 14.9 Å². The summed E-state index contributed by atoms with van der Waals surface area (Å²) in [6, 6.07) is 8.74. The molecule has 96 valence electrons. The van der Waals surface area contributed by atoms with Crippen LogP contribution in [0.25, 0.3) is 11.0 Å². The van der Waals surface area contributed by atoms with Gasteiger partial charge in [-0.15, -0.1) is 0 Å². The number of ketones is 1. The standard InChI is InChI=1S/C14H17NO3/c1-17-8-4-6-11(15)14(16)13-9-10-5-2-3-7-12(10)18-13/h2-3,5,7,9,11H,4,6,8,15H2,1H3. The zero-order valence-electron chi connectivity index (χ0n) is 10.4. The third-order valence-electron chi connectivity index (χ3n) is 2.87. The average Bonchev–Trinajstić information content (AvgIpc) is 2.81. The van der Waals surface area contributed by atoms with Crippen molar-refractivity contribution in [2.45, 2.75) is 18.9 Å². The highest BCUT2D eigenvalue weighted by atomic mass is 16.5. The lowest BCUT2D eigenvalue weighted by molar-refractivity contribution is 0.0925. The molecule has 1 heterocycles. The van der Waals surface area contributed by atoms with Gasteiger partial charge in [0.05, 0.1) is 6.04 Å². The Morgan fingerprint density at radius 3 is 2.94 bits per heavy atom. The Hall–Kier alpha value is -1.65. The van der Waals surface area contributed by atoms with Crippen molar-refractivity contribution in [1.29, 1.82) is 0 Å². The van der Waals surface area contributed by atoms with Gasteiger partial charge in [-0.1, -0.05) is 18.2 Å². The Morgan fingerprint density at radius 2 is 2.22 bits per heavy atom. The maximum absolute atomic E-state index is 12.0. The summed E-state index contributed by atoms with van der Waals surface area (Å²) in [7, 11) is 1.63. The van der Waals surface area contributed by atoms with E-state index in [2.05, 4.69) is 0 Å². The lowest BCUT2D eigenvalue weighted by Gasteiger charge is -2.07.